The van der Waals surface area contributed by atoms with Crippen molar-refractivity contribution >= 4 is 0 Å². The molecule has 0 amide bonds. The second kappa shape index (κ2) is 9.91. The number of nitrogens with zero attached hydrogens (tertiary/aromatic N) is 2. The molecule has 0 spiro atoms. The molecule has 0 aliphatic carbocycles. The minimum absolute atomic E-state index is 0.0907. The molecule has 0 saturated carbocycles. The summed E-state index contributed by atoms with van der Waals surface area (Å²) in [4.78, 5) is 6.96. The predicted molar refractivity (Wildman–Crippen MR) is 117 cm³/mol. The Hall–Kier alpha value is -2.94. The van der Waals surface area contributed by atoms with Crippen LogP contribution in [0.2, 0.25) is 0 Å². The number of alkyl halides is 3. The molecule has 1 aliphatic heterocycles. The van der Waals surface area contributed by atoms with Gasteiger partial charge in [-0.25, -0.2) is 0 Å². The van der Waals surface area contributed by atoms with Gasteiger partial charge in [0.2, 0.25) is 0 Å². The van der Waals surface area contributed by atoms with Gasteiger partial charge in [-0.1, -0.05) is 24.3 Å². The highest BCUT2D eigenvalue weighted by Gasteiger charge is 2.33. The van der Waals surface area contributed by atoms with Crippen LogP contribution in [-0.2, 0) is 25.7 Å². The lowest BCUT2D eigenvalue weighted by Crippen LogP contribution is -2.33. The lowest BCUT2D eigenvalue weighted by molar-refractivity contribution is -0.138. The lowest BCUT2D eigenvalue weighted by atomic mass is 10.0. The van der Waals surface area contributed by atoms with Gasteiger partial charge in [0.15, 0.2) is 6.29 Å². The molecule has 3 aromatic rings. The highest BCUT2D eigenvalue weighted by molar-refractivity contribution is 5.60. The summed E-state index contributed by atoms with van der Waals surface area (Å²) in [6.45, 7) is 1.98. The molecule has 2 N–H and O–H groups in total. The standard InChI is InChI=1S/C25H25F3N2O3/c26-25(27,28)21-4-2-1-3-19(21)16-33-20-8-5-17(6-9-20)22-10-7-18-15-30(14-12-24(31)32)13-11-23(18)29-22/h1-10,24,31-32H,11-16H2. The molecule has 1 aromatic heterocycles. The smallest absolute Gasteiger partial charge is 0.416 e. The number of pyridine rings is 1. The van der Waals surface area contributed by atoms with Gasteiger partial charge in [-0.05, 0) is 42.0 Å². The van der Waals surface area contributed by atoms with E-state index in [-0.39, 0.29) is 12.2 Å². The largest absolute Gasteiger partial charge is 0.489 e. The van der Waals surface area contributed by atoms with Gasteiger partial charge < -0.3 is 14.9 Å². The predicted octanol–water partition coefficient (Wildman–Crippen LogP) is 4.41. The van der Waals surface area contributed by atoms with Crippen molar-refractivity contribution in [3.63, 3.8) is 0 Å². The number of hydrogen-bond acceptors (Lipinski definition) is 5. The number of rotatable bonds is 7. The fourth-order valence-corrected chi connectivity index (χ4v) is 3.93. The van der Waals surface area contributed by atoms with Crippen molar-refractivity contribution in [3.05, 3.63) is 83.0 Å². The van der Waals surface area contributed by atoms with E-state index in [2.05, 4.69) is 4.90 Å². The zero-order valence-electron chi connectivity index (χ0n) is 17.9. The molecule has 0 unspecified atom stereocenters. The molecular formula is C25H25F3N2O3. The average Bonchev–Trinajstić information content (AvgIpc) is 2.81. The molecular weight excluding hydrogens is 433 g/mol. The van der Waals surface area contributed by atoms with E-state index in [1.807, 2.05) is 24.3 Å². The number of aliphatic hydroxyl groups excluding tert-OH is 1. The van der Waals surface area contributed by atoms with Crippen molar-refractivity contribution in [3.8, 4) is 17.0 Å². The Morgan fingerprint density at radius 3 is 2.48 bits per heavy atom. The van der Waals surface area contributed by atoms with Crippen LogP contribution in [-0.4, -0.2) is 39.5 Å². The molecule has 8 heteroatoms. The van der Waals surface area contributed by atoms with Crippen LogP contribution in [0.4, 0.5) is 13.2 Å². The molecule has 0 fully saturated rings. The molecule has 4 rings (SSSR count). The van der Waals surface area contributed by atoms with Crippen LogP contribution < -0.4 is 4.74 Å². The van der Waals surface area contributed by atoms with Crippen LogP contribution in [0.1, 0.15) is 28.8 Å². The Kier molecular flexibility index (Phi) is 6.97. The minimum atomic E-state index is -4.42. The number of aliphatic hydroxyl groups is 2. The number of hydrogen-bond donors (Lipinski definition) is 2. The van der Waals surface area contributed by atoms with Crippen molar-refractivity contribution in [1.29, 1.82) is 0 Å². The van der Waals surface area contributed by atoms with Gasteiger partial charge in [0, 0.05) is 49.3 Å². The molecule has 2 heterocycles. The maximum Gasteiger partial charge on any atom is 0.416 e. The number of benzene rings is 2. The van der Waals surface area contributed by atoms with Crippen molar-refractivity contribution < 1.29 is 28.1 Å². The van der Waals surface area contributed by atoms with Gasteiger partial charge in [0.05, 0.1) is 11.3 Å². The van der Waals surface area contributed by atoms with Crippen molar-refractivity contribution in [2.75, 3.05) is 13.1 Å². The maximum atomic E-state index is 13.1. The van der Waals surface area contributed by atoms with Crippen LogP contribution in [0.15, 0.2) is 60.7 Å². The van der Waals surface area contributed by atoms with Crippen molar-refractivity contribution in [1.82, 2.24) is 9.88 Å². The van der Waals surface area contributed by atoms with E-state index < -0.39 is 18.0 Å². The summed E-state index contributed by atoms with van der Waals surface area (Å²) < 4.78 is 45.0. The van der Waals surface area contributed by atoms with Crippen molar-refractivity contribution in [2.24, 2.45) is 0 Å². The lowest BCUT2D eigenvalue weighted by Gasteiger charge is -2.28. The Balaban J connectivity index is 1.40. The SMILES string of the molecule is OC(O)CCN1CCc2nc(-c3ccc(OCc4ccccc4C(F)(F)F)cc3)ccc2C1. The van der Waals surface area contributed by atoms with Crippen LogP contribution >= 0.6 is 0 Å². The van der Waals surface area contributed by atoms with Gasteiger partial charge in [-0.15, -0.1) is 0 Å². The first-order chi connectivity index (χ1) is 15.8. The van der Waals surface area contributed by atoms with Gasteiger partial charge in [0.1, 0.15) is 12.4 Å². The molecule has 0 radical (unpaired) electrons. The van der Waals surface area contributed by atoms with Gasteiger partial charge >= 0.3 is 6.18 Å². The molecule has 33 heavy (non-hydrogen) atoms. The fraction of sp³-hybridized carbons (Fsp3) is 0.320. The van der Waals surface area contributed by atoms with Crippen molar-refractivity contribution in [2.45, 2.75) is 38.5 Å². The number of aromatic nitrogens is 1. The maximum absolute atomic E-state index is 13.1. The Morgan fingerprint density at radius 2 is 1.76 bits per heavy atom. The highest BCUT2D eigenvalue weighted by Crippen LogP contribution is 2.32. The number of ether oxygens (including phenoxy) is 1. The third-order valence-corrected chi connectivity index (χ3v) is 5.70. The topological polar surface area (TPSA) is 65.8 Å². The molecule has 0 saturated heterocycles. The summed E-state index contributed by atoms with van der Waals surface area (Å²) >= 11 is 0. The van der Waals surface area contributed by atoms with Gasteiger partial charge in [-0.2, -0.15) is 13.2 Å². The minimum Gasteiger partial charge on any atom is -0.489 e. The van der Waals surface area contributed by atoms with E-state index in [4.69, 9.17) is 19.9 Å². The monoisotopic (exact) mass is 458 g/mol. The van der Waals surface area contributed by atoms with Crippen LogP contribution in [0.25, 0.3) is 11.3 Å². The van der Waals surface area contributed by atoms with Gasteiger partial charge in [-0.3, -0.25) is 9.88 Å². The van der Waals surface area contributed by atoms with E-state index in [0.29, 0.717) is 18.7 Å². The molecule has 0 atom stereocenters. The normalized spacial score (nSPS) is 14.4. The average molecular weight is 458 g/mol. The highest BCUT2D eigenvalue weighted by atomic mass is 19.4. The van der Waals surface area contributed by atoms with E-state index in [1.165, 1.54) is 12.1 Å². The third-order valence-electron chi connectivity index (χ3n) is 5.70. The first-order valence-electron chi connectivity index (χ1n) is 10.8. The Morgan fingerprint density at radius 1 is 1.00 bits per heavy atom. The van der Waals surface area contributed by atoms with Crippen LogP contribution in [0, 0.1) is 0 Å². The third kappa shape index (κ3) is 5.90. The van der Waals surface area contributed by atoms with E-state index in [9.17, 15) is 13.2 Å². The molecule has 5 nitrogen and oxygen atoms in total. The van der Waals surface area contributed by atoms with Crippen LogP contribution in [0.5, 0.6) is 5.75 Å². The van der Waals surface area contributed by atoms with Crippen LogP contribution in [0.3, 0.4) is 0 Å². The van der Waals surface area contributed by atoms with E-state index in [1.54, 1.807) is 18.2 Å². The Labute approximate surface area is 190 Å². The quantitative estimate of drug-likeness (QED) is 0.514. The zero-order valence-corrected chi connectivity index (χ0v) is 17.9. The fourth-order valence-electron chi connectivity index (χ4n) is 3.93. The second-order valence-corrected chi connectivity index (χ2v) is 8.07. The van der Waals surface area contributed by atoms with E-state index in [0.717, 1.165) is 48.1 Å². The first-order valence-corrected chi connectivity index (χ1v) is 10.8. The summed E-state index contributed by atoms with van der Waals surface area (Å²) in [7, 11) is 0. The summed E-state index contributed by atoms with van der Waals surface area (Å²) in [6, 6.07) is 16.5. The molecule has 1 aliphatic rings. The summed E-state index contributed by atoms with van der Waals surface area (Å²) in [5.74, 6) is 0.482. The second-order valence-electron chi connectivity index (χ2n) is 8.07. The molecule has 2 aromatic carbocycles. The summed E-state index contributed by atoms with van der Waals surface area (Å²) in [6.07, 6.45) is -4.61. The number of halogens is 3. The molecule has 0 bridgehead atoms. The first kappa shape index (κ1) is 23.2. The zero-order chi connectivity index (χ0) is 23.4. The Bertz CT molecular complexity index is 1090. The van der Waals surface area contributed by atoms with E-state index >= 15 is 0 Å². The molecule has 174 valence electrons. The number of fused-ring (bicyclic) bond motifs is 1. The summed E-state index contributed by atoms with van der Waals surface area (Å²) in [5, 5.41) is 18.1. The van der Waals surface area contributed by atoms with Gasteiger partial charge in [0.25, 0.3) is 0 Å². The summed E-state index contributed by atoms with van der Waals surface area (Å²) in [5.41, 5.74) is 3.27.